The van der Waals surface area contributed by atoms with Crippen molar-refractivity contribution in [2.75, 3.05) is 6.61 Å². The van der Waals surface area contributed by atoms with Crippen LogP contribution in [-0.2, 0) is 18.8 Å². The summed E-state index contributed by atoms with van der Waals surface area (Å²) in [5, 5.41) is 0. The minimum absolute atomic E-state index is 0.207. The molecule has 1 aliphatic heterocycles. The highest BCUT2D eigenvalue weighted by molar-refractivity contribution is 6.62. The van der Waals surface area contributed by atoms with Gasteiger partial charge in [-0.05, 0) is 58.4 Å². The SMILES string of the molecule is CCOC(=O)/C=C/c1cc(F)c(B2OC(C)(C)C(C)(C)O2)c(F)c1. The highest BCUT2D eigenvalue weighted by Crippen LogP contribution is 2.36. The van der Waals surface area contributed by atoms with Gasteiger partial charge in [-0.3, -0.25) is 0 Å². The van der Waals surface area contributed by atoms with E-state index >= 15 is 0 Å². The van der Waals surface area contributed by atoms with Crippen LogP contribution in [0.5, 0.6) is 0 Å². The third kappa shape index (κ3) is 3.67. The van der Waals surface area contributed by atoms with Crippen LogP contribution in [-0.4, -0.2) is 30.9 Å². The predicted octanol–water partition coefficient (Wildman–Crippen LogP) is 2.84. The summed E-state index contributed by atoms with van der Waals surface area (Å²) in [5.74, 6) is -2.16. The maximum atomic E-state index is 14.4. The average Bonchev–Trinajstić information content (AvgIpc) is 2.64. The number of benzene rings is 1. The Morgan fingerprint density at radius 3 is 2.12 bits per heavy atom. The molecule has 0 N–H and O–H groups in total. The summed E-state index contributed by atoms with van der Waals surface area (Å²) in [7, 11) is -1.13. The molecule has 0 aromatic heterocycles. The Labute approximate surface area is 140 Å². The van der Waals surface area contributed by atoms with E-state index in [1.807, 2.05) is 0 Å². The molecule has 1 aromatic rings. The maximum Gasteiger partial charge on any atom is 0.500 e. The van der Waals surface area contributed by atoms with Crippen LogP contribution in [0.3, 0.4) is 0 Å². The lowest BCUT2D eigenvalue weighted by Crippen LogP contribution is -2.41. The van der Waals surface area contributed by atoms with Crippen LogP contribution in [0.2, 0.25) is 0 Å². The van der Waals surface area contributed by atoms with E-state index in [-0.39, 0.29) is 17.6 Å². The molecule has 7 heteroatoms. The molecule has 0 spiro atoms. The molecule has 0 atom stereocenters. The Morgan fingerprint density at radius 1 is 1.17 bits per heavy atom. The van der Waals surface area contributed by atoms with Gasteiger partial charge in [-0.1, -0.05) is 0 Å². The van der Waals surface area contributed by atoms with Crippen molar-refractivity contribution in [1.82, 2.24) is 0 Å². The van der Waals surface area contributed by atoms with E-state index < -0.39 is 35.9 Å². The summed E-state index contributed by atoms with van der Waals surface area (Å²) >= 11 is 0. The summed E-state index contributed by atoms with van der Waals surface area (Å²) in [6.45, 7) is 9.12. The summed E-state index contributed by atoms with van der Waals surface area (Å²) in [5.41, 5.74) is -1.46. The molecule has 1 fully saturated rings. The zero-order chi connectivity index (χ0) is 18.1. The van der Waals surface area contributed by atoms with Crippen molar-refractivity contribution in [2.24, 2.45) is 0 Å². The van der Waals surface area contributed by atoms with E-state index in [1.165, 1.54) is 6.08 Å². The van der Waals surface area contributed by atoms with Gasteiger partial charge in [-0.2, -0.15) is 0 Å². The number of esters is 1. The minimum Gasteiger partial charge on any atom is -0.463 e. The van der Waals surface area contributed by atoms with Crippen LogP contribution in [0.25, 0.3) is 6.08 Å². The maximum absolute atomic E-state index is 14.4. The fourth-order valence-corrected chi connectivity index (χ4v) is 2.24. The molecule has 0 bridgehead atoms. The van der Waals surface area contributed by atoms with Gasteiger partial charge in [0.25, 0.3) is 0 Å². The van der Waals surface area contributed by atoms with Gasteiger partial charge in [0, 0.05) is 6.08 Å². The van der Waals surface area contributed by atoms with Gasteiger partial charge in [0.2, 0.25) is 0 Å². The lowest BCUT2D eigenvalue weighted by molar-refractivity contribution is -0.137. The fraction of sp³-hybridized carbons (Fsp3) is 0.471. The number of hydrogen-bond donors (Lipinski definition) is 0. The van der Waals surface area contributed by atoms with Gasteiger partial charge in [0.1, 0.15) is 11.6 Å². The van der Waals surface area contributed by atoms with Gasteiger partial charge in [0.15, 0.2) is 0 Å². The lowest BCUT2D eigenvalue weighted by atomic mass is 9.77. The first-order valence-electron chi connectivity index (χ1n) is 7.77. The lowest BCUT2D eigenvalue weighted by Gasteiger charge is -2.32. The van der Waals surface area contributed by atoms with Crippen LogP contribution >= 0.6 is 0 Å². The van der Waals surface area contributed by atoms with Crippen LogP contribution in [0, 0.1) is 11.6 Å². The second kappa shape index (κ2) is 6.65. The Balaban J connectivity index is 2.27. The molecule has 24 heavy (non-hydrogen) atoms. The van der Waals surface area contributed by atoms with Crippen molar-refractivity contribution < 1.29 is 27.6 Å². The zero-order valence-electron chi connectivity index (χ0n) is 14.5. The van der Waals surface area contributed by atoms with Gasteiger partial charge in [-0.25, -0.2) is 13.6 Å². The van der Waals surface area contributed by atoms with Crippen LogP contribution in [0.15, 0.2) is 18.2 Å². The Kier molecular flexibility index (Phi) is 5.15. The number of carbonyl (C=O) groups excluding carboxylic acids is 1. The molecular formula is C17H21BF2O4. The second-order valence-corrected chi connectivity index (χ2v) is 6.57. The quantitative estimate of drug-likeness (QED) is 0.481. The van der Waals surface area contributed by atoms with Crippen LogP contribution in [0.4, 0.5) is 8.78 Å². The monoisotopic (exact) mass is 338 g/mol. The molecule has 1 heterocycles. The number of halogens is 2. The zero-order valence-corrected chi connectivity index (χ0v) is 14.5. The van der Waals surface area contributed by atoms with E-state index in [9.17, 15) is 13.6 Å². The highest BCUT2D eigenvalue weighted by Gasteiger charge is 2.53. The molecule has 1 aliphatic rings. The summed E-state index contributed by atoms with van der Waals surface area (Å²) in [6, 6.07) is 2.25. The molecule has 4 nitrogen and oxygen atoms in total. The van der Waals surface area contributed by atoms with Crippen molar-refractivity contribution in [3.8, 4) is 0 Å². The number of ether oxygens (including phenoxy) is 1. The third-order valence-electron chi connectivity index (χ3n) is 4.29. The Morgan fingerprint density at radius 2 is 1.67 bits per heavy atom. The molecule has 0 saturated carbocycles. The number of carbonyl (C=O) groups is 1. The molecule has 0 radical (unpaired) electrons. The Bertz CT molecular complexity index is 632. The largest absolute Gasteiger partial charge is 0.500 e. The van der Waals surface area contributed by atoms with Crippen LogP contribution < -0.4 is 5.46 Å². The molecular weight excluding hydrogens is 317 g/mol. The molecule has 0 aliphatic carbocycles. The molecule has 1 aromatic carbocycles. The van der Waals surface area contributed by atoms with Gasteiger partial charge >= 0.3 is 13.1 Å². The van der Waals surface area contributed by atoms with E-state index in [4.69, 9.17) is 14.0 Å². The van der Waals surface area contributed by atoms with E-state index in [2.05, 4.69) is 0 Å². The summed E-state index contributed by atoms with van der Waals surface area (Å²) in [4.78, 5) is 11.3. The van der Waals surface area contributed by atoms with Crippen molar-refractivity contribution >= 4 is 24.6 Å². The van der Waals surface area contributed by atoms with Gasteiger partial charge in [-0.15, -0.1) is 0 Å². The number of rotatable bonds is 4. The van der Waals surface area contributed by atoms with E-state index in [1.54, 1.807) is 34.6 Å². The first kappa shape index (κ1) is 18.6. The molecule has 0 unspecified atom stereocenters. The van der Waals surface area contributed by atoms with Crippen molar-refractivity contribution in [3.05, 3.63) is 35.4 Å². The predicted molar refractivity (Wildman–Crippen MR) is 87.7 cm³/mol. The fourth-order valence-electron chi connectivity index (χ4n) is 2.24. The molecule has 130 valence electrons. The summed E-state index contributed by atoms with van der Waals surface area (Å²) in [6.07, 6.45) is 2.41. The normalized spacial score (nSPS) is 19.0. The van der Waals surface area contributed by atoms with Crippen molar-refractivity contribution in [3.63, 3.8) is 0 Å². The standard InChI is InChI=1S/C17H21BF2O4/c1-6-22-14(21)8-7-11-9-12(19)15(13(20)10-11)18-23-16(2,3)17(4,5)24-18/h7-10H,6H2,1-5H3/b8-7+. The minimum atomic E-state index is -1.13. The first-order chi connectivity index (χ1) is 11.1. The van der Waals surface area contributed by atoms with Crippen LogP contribution in [0.1, 0.15) is 40.2 Å². The van der Waals surface area contributed by atoms with Gasteiger partial charge < -0.3 is 14.0 Å². The van der Waals surface area contributed by atoms with Gasteiger partial charge in [0.05, 0.1) is 23.3 Å². The molecule has 0 amide bonds. The van der Waals surface area contributed by atoms with Crippen molar-refractivity contribution in [2.45, 2.75) is 45.8 Å². The first-order valence-corrected chi connectivity index (χ1v) is 7.77. The highest BCUT2D eigenvalue weighted by atomic mass is 19.1. The second-order valence-electron chi connectivity index (χ2n) is 6.57. The topological polar surface area (TPSA) is 44.8 Å². The smallest absolute Gasteiger partial charge is 0.463 e. The van der Waals surface area contributed by atoms with E-state index in [0.29, 0.717) is 0 Å². The molecule has 2 rings (SSSR count). The Hall–Kier alpha value is -1.73. The third-order valence-corrected chi connectivity index (χ3v) is 4.29. The summed E-state index contributed by atoms with van der Waals surface area (Å²) < 4.78 is 44.9. The average molecular weight is 338 g/mol. The number of hydrogen-bond acceptors (Lipinski definition) is 4. The van der Waals surface area contributed by atoms with Crippen molar-refractivity contribution in [1.29, 1.82) is 0 Å². The molecule has 1 saturated heterocycles. The van der Waals surface area contributed by atoms with E-state index in [0.717, 1.165) is 18.2 Å².